The summed E-state index contributed by atoms with van der Waals surface area (Å²) in [4.78, 5) is 12.1. The molecule has 3 heteroatoms. The molecule has 0 aliphatic carbocycles. The zero-order valence-corrected chi connectivity index (χ0v) is 11.9. The van der Waals surface area contributed by atoms with E-state index >= 15 is 0 Å². The highest BCUT2D eigenvalue weighted by atomic mass is 16.5. The summed E-state index contributed by atoms with van der Waals surface area (Å²) in [6, 6.07) is 9.50. The second-order valence-electron chi connectivity index (χ2n) is 4.53. The number of allylic oxidation sites excluding steroid dienone is 1. The molecule has 0 saturated carbocycles. The maximum absolute atomic E-state index is 12.1. The molecule has 0 spiro atoms. The van der Waals surface area contributed by atoms with Gasteiger partial charge in [0.25, 0.3) is 0 Å². The predicted octanol–water partition coefficient (Wildman–Crippen LogP) is 2.55. The second-order valence-corrected chi connectivity index (χ2v) is 4.53. The number of esters is 1. The van der Waals surface area contributed by atoms with Gasteiger partial charge in [0.1, 0.15) is 5.41 Å². The first kappa shape index (κ1) is 16.0. The Balaban J connectivity index is 2.96. The number of aliphatic hydroxyl groups is 1. The van der Waals surface area contributed by atoms with Gasteiger partial charge < -0.3 is 9.84 Å². The van der Waals surface area contributed by atoms with Crippen LogP contribution < -0.4 is 0 Å². The Bertz CT molecular complexity index is 508. The number of aliphatic hydroxyl groups excluding tert-OH is 1. The summed E-state index contributed by atoms with van der Waals surface area (Å²) >= 11 is 0. The summed E-state index contributed by atoms with van der Waals surface area (Å²) in [6.45, 7) is 3.80. The van der Waals surface area contributed by atoms with Crippen molar-refractivity contribution in [1.82, 2.24) is 0 Å². The molecule has 1 aromatic carbocycles. The monoisotopic (exact) mass is 272 g/mol. The van der Waals surface area contributed by atoms with E-state index in [-0.39, 0.29) is 12.6 Å². The lowest BCUT2D eigenvalue weighted by molar-refractivity contribution is -0.150. The van der Waals surface area contributed by atoms with Crippen LogP contribution in [0, 0.1) is 17.3 Å². The molecule has 106 valence electrons. The van der Waals surface area contributed by atoms with Crippen molar-refractivity contribution < 1.29 is 14.6 Å². The van der Waals surface area contributed by atoms with Gasteiger partial charge >= 0.3 is 5.97 Å². The van der Waals surface area contributed by atoms with Gasteiger partial charge in [0.15, 0.2) is 0 Å². The summed E-state index contributed by atoms with van der Waals surface area (Å²) in [5.74, 6) is 5.66. The Morgan fingerprint density at radius 2 is 2.05 bits per heavy atom. The van der Waals surface area contributed by atoms with E-state index in [0.29, 0.717) is 13.0 Å². The normalized spacial score (nSPS) is 13.3. The molecule has 0 fully saturated rings. The highest BCUT2D eigenvalue weighted by Crippen LogP contribution is 2.23. The Kier molecular flexibility index (Phi) is 6.55. The van der Waals surface area contributed by atoms with Crippen LogP contribution >= 0.6 is 0 Å². The van der Waals surface area contributed by atoms with Crippen LogP contribution in [0.15, 0.2) is 42.5 Å². The molecule has 0 heterocycles. The van der Waals surface area contributed by atoms with Crippen molar-refractivity contribution in [2.45, 2.75) is 20.3 Å². The van der Waals surface area contributed by atoms with Crippen LogP contribution in [0.5, 0.6) is 0 Å². The van der Waals surface area contributed by atoms with Crippen LogP contribution in [-0.2, 0) is 9.53 Å². The number of carbonyl (C=O) groups is 1. The molecule has 0 aromatic heterocycles. The first-order valence-electron chi connectivity index (χ1n) is 6.63. The van der Waals surface area contributed by atoms with Gasteiger partial charge in [0.05, 0.1) is 13.2 Å². The Hall–Kier alpha value is -2.05. The van der Waals surface area contributed by atoms with Gasteiger partial charge in [-0.2, -0.15) is 0 Å². The highest BCUT2D eigenvalue weighted by molar-refractivity contribution is 5.80. The van der Waals surface area contributed by atoms with E-state index in [1.807, 2.05) is 30.3 Å². The lowest BCUT2D eigenvalue weighted by atomic mass is 9.87. The van der Waals surface area contributed by atoms with Gasteiger partial charge in [-0.25, -0.2) is 0 Å². The summed E-state index contributed by atoms with van der Waals surface area (Å²) in [7, 11) is 0. The van der Waals surface area contributed by atoms with E-state index in [4.69, 9.17) is 9.84 Å². The molecule has 0 aliphatic rings. The predicted molar refractivity (Wildman–Crippen MR) is 78.9 cm³/mol. The quantitative estimate of drug-likeness (QED) is 0.509. The van der Waals surface area contributed by atoms with Crippen molar-refractivity contribution in [1.29, 1.82) is 0 Å². The van der Waals surface area contributed by atoms with Crippen LogP contribution in [0.3, 0.4) is 0 Å². The van der Waals surface area contributed by atoms with Crippen LogP contribution in [0.25, 0.3) is 0 Å². The van der Waals surface area contributed by atoms with E-state index in [0.717, 1.165) is 5.56 Å². The average Bonchev–Trinajstić information content (AvgIpc) is 2.47. The molecule has 0 amide bonds. The molecule has 0 radical (unpaired) electrons. The number of hydrogen-bond donors (Lipinski definition) is 1. The minimum Gasteiger partial charge on any atom is -0.465 e. The number of carbonyl (C=O) groups excluding carboxylic acids is 1. The van der Waals surface area contributed by atoms with Crippen molar-refractivity contribution in [3.63, 3.8) is 0 Å². The van der Waals surface area contributed by atoms with Crippen molar-refractivity contribution >= 4 is 5.97 Å². The van der Waals surface area contributed by atoms with Gasteiger partial charge in [0, 0.05) is 5.56 Å². The van der Waals surface area contributed by atoms with Gasteiger partial charge in [0.2, 0.25) is 0 Å². The molecular formula is C17H20O3. The van der Waals surface area contributed by atoms with Gasteiger partial charge in [-0.1, -0.05) is 42.2 Å². The fraction of sp³-hybridized carbons (Fsp3) is 0.353. The fourth-order valence-corrected chi connectivity index (χ4v) is 1.60. The summed E-state index contributed by atoms with van der Waals surface area (Å²) in [5, 5.41) is 8.77. The lowest BCUT2D eigenvalue weighted by Crippen LogP contribution is -2.28. The number of hydrogen-bond acceptors (Lipinski definition) is 3. The van der Waals surface area contributed by atoms with Crippen LogP contribution in [0.4, 0.5) is 0 Å². The standard InChI is InChI=1S/C17H20O3/c1-3-20-16(19)17(2,12-7-8-14-18)13-11-15-9-5-4-6-10-15/h4-10,18H,3,12,14H2,1-2H3/b8-7+. The van der Waals surface area contributed by atoms with Gasteiger partial charge in [-0.3, -0.25) is 4.79 Å². The maximum atomic E-state index is 12.1. The molecule has 0 bridgehead atoms. The summed E-state index contributed by atoms with van der Waals surface area (Å²) < 4.78 is 5.09. The third kappa shape index (κ3) is 4.91. The first-order valence-corrected chi connectivity index (χ1v) is 6.63. The van der Waals surface area contributed by atoms with E-state index in [2.05, 4.69) is 11.8 Å². The topological polar surface area (TPSA) is 46.5 Å². The zero-order valence-electron chi connectivity index (χ0n) is 11.9. The summed E-state index contributed by atoms with van der Waals surface area (Å²) in [6.07, 6.45) is 3.75. The Morgan fingerprint density at radius 1 is 1.35 bits per heavy atom. The molecule has 1 atom stereocenters. The molecular weight excluding hydrogens is 252 g/mol. The number of rotatable bonds is 5. The van der Waals surface area contributed by atoms with E-state index in [1.54, 1.807) is 26.0 Å². The second kappa shape index (κ2) is 8.19. The van der Waals surface area contributed by atoms with Crippen molar-refractivity contribution in [2.75, 3.05) is 13.2 Å². The SMILES string of the molecule is CCOC(=O)C(C)(C#Cc1ccccc1)C/C=C/CO. The molecule has 1 aromatic rings. The molecule has 1 rings (SSSR count). The lowest BCUT2D eigenvalue weighted by Gasteiger charge is -2.19. The molecule has 0 saturated heterocycles. The highest BCUT2D eigenvalue weighted by Gasteiger charge is 2.31. The third-order valence-electron chi connectivity index (χ3n) is 2.78. The smallest absolute Gasteiger partial charge is 0.324 e. The first-order chi connectivity index (χ1) is 9.62. The molecule has 0 aliphatic heterocycles. The van der Waals surface area contributed by atoms with Crippen molar-refractivity contribution in [3.8, 4) is 11.8 Å². The Labute approximate surface area is 120 Å². The minimum absolute atomic E-state index is 0.0506. The van der Waals surface area contributed by atoms with Gasteiger partial charge in [-0.15, -0.1) is 0 Å². The van der Waals surface area contributed by atoms with Gasteiger partial charge in [-0.05, 0) is 32.4 Å². The molecule has 1 N–H and O–H groups in total. The van der Waals surface area contributed by atoms with Crippen LogP contribution in [-0.4, -0.2) is 24.3 Å². The van der Waals surface area contributed by atoms with Crippen molar-refractivity contribution in [3.05, 3.63) is 48.0 Å². The van der Waals surface area contributed by atoms with E-state index < -0.39 is 5.41 Å². The van der Waals surface area contributed by atoms with Crippen LogP contribution in [0.2, 0.25) is 0 Å². The zero-order chi connectivity index (χ0) is 14.8. The molecule has 1 unspecified atom stereocenters. The third-order valence-corrected chi connectivity index (χ3v) is 2.78. The van der Waals surface area contributed by atoms with Crippen LogP contribution in [0.1, 0.15) is 25.8 Å². The minimum atomic E-state index is -0.905. The molecule has 3 nitrogen and oxygen atoms in total. The largest absolute Gasteiger partial charge is 0.465 e. The molecule has 20 heavy (non-hydrogen) atoms. The van der Waals surface area contributed by atoms with E-state index in [1.165, 1.54) is 0 Å². The Morgan fingerprint density at radius 3 is 2.65 bits per heavy atom. The number of ether oxygens (including phenoxy) is 1. The maximum Gasteiger partial charge on any atom is 0.324 e. The van der Waals surface area contributed by atoms with E-state index in [9.17, 15) is 4.79 Å². The summed E-state index contributed by atoms with van der Waals surface area (Å²) in [5.41, 5.74) is -0.0495. The fourth-order valence-electron chi connectivity index (χ4n) is 1.60. The van der Waals surface area contributed by atoms with Crippen molar-refractivity contribution in [2.24, 2.45) is 5.41 Å². The average molecular weight is 272 g/mol. The number of benzene rings is 1.